The summed E-state index contributed by atoms with van der Waals surface area (Å²) in [7, 11) is -6.80. The van der Waals surface area contributed by atoms with E-state index in [2.05, 4.69) is 12.3 Å². The van der Waals surface area contributed by atoms with E-state index < -0.39 is 24.9 Å². The van der Waals surface area contributed by atoms with Crippen LogP contribution in [0, 0.1) is 0 Å². The smallest absolute Gasteiger partial charge is 0.225 e. The number of likely N-dealkylation sites (N-methyl/N-ethyl adjacent to an activating group) is 1. The second-order valence-electron chi connectivity index (χ2n) is 5.23. The summed E-state index contributed by atoms with van der Waals surface area (Å²) in [5.41, 5.74) is 3.90. The molecule has 6 nitrogen and oxygen atoms in total. The Morgan fingerprint density at radius 2 is 1.88 bits per heavy atom. The van der Waals surface area contributed by atoms with E-state index in [0.717, 1.165) is 15.9 Å². The van der Waals surface area contributed by atoms with Crippen molar-refractivity contribution >= 4 is 37.7 Å². The Kier molecular flexibility index (Phi) is 6.58. The summed E-state index contributed by atoms with van der Waals surface area (Å²) in [5, 5.41) is 4.95. The van der Waals surface area contributed by atoms with Crippen LogP contribution in [0.2, 0.25) is 5.02 Å². The number of allylic oxidation sites excluding steroid dienone is 1. The maximum Gasteiger partial charge on any atom is 0.243 e. The van der Waals surface area contributed by atoms with Crippen molar-refractivity contribution in [2.24, 2.45) is 5.14 Å². The van der Waals surface area contributed by atoms with E-state index in [1.807, 2.05) is 0 Å². The van der Waals surface area contributed by atoms with Crippen molar-refractivity contribution in [3.05, 3.63) is 46.7 Å². The van der Waals surface area contributed by atoms with Gasteiger partial charge in [-0.15, -0.1) is 12.3 Å². The van der Waals surface area contributed by atoms with Crippen molar-refractivity contribution in [2.45, 2.75) is 23.6 Å². The lowest BCUT2D eigenvalue weighted by Crippen LogP contribution is -2.28. The summed E-state index contributed by atoms with van der Waals surface area (Å²) in [5.74, 6) is 0. The quantitative estimate of drug-likeness (QED) is 0.595. The van der Waals surface area contributed by atoms with Crippen LogP contribution in [0.5, 0.6) is 0 Å². The molecule has 0 bridgehead atoms. The van der Waals surface area contributed by atoms with Crippen LogP contribution < -0.4 is 5.14 Å². The number of nitrogens with zero attached hydrogens (tertiary/aromatic N) is 1. The first-order chi connectivity index (χ1) is 10.9. The highest BCUT2D eigenvalue weighted by Gasteiger charge is 2.26. The lowest BCUT2D eigenvalue weighted by molar-refractivity contribution is 0.499. The molecule has 1 aromatic rings. The highest BCUT2D eigenvalue weighted by atomic mass is 35.5. The maximum atomic E-state index is 12.7. The Bertz CT molecular complexity index is 924. The Morgan fingerprint density at radius 3 is 2.33 bits per heavy atom. The summed E-state index contributed by atoms with van der Waals surface area (Å²) in [4.78, 5) is -0.682. The van der Waals surface area contributed by atoms with Gasteiger partial charge in [-0.25, -0.2) is 22.0 Å². The molecule has 1 aromatic carbocycles. The number of sulfonamides is 2. The normalized spacial score (nSPS) is 11.9. The molecule has 0 spiro atoms. The van der Waals surface area contributed by atoms with Gasteiger partial charge in [0, 0.05) is 19.2 Å². The minimum Gasteiger partial charge on any atom is -0.225 e. The molecule has 0 saturated heterocycles. The summed E-state index contributed by atoms with van der Waals surface area (Å²) in [6.45, 7) is 7.12. The van der Waals surface area contributed by atoms with Gasteiger partial charge in [0.2, 0.25) is 20.0 Å². The zero-order valence-corrected chi connectivity index (χ0v) is 16.0. The molecule has 0 atom stereocenters. The second-order valence-corrected chi connectivity index (χ2v) is 9.18. The van der Waals surface area contributed by atoms with Gasteiger partial charge in [0.25, 0.3) is 0 Å². The van der Waals surface area contributed by atoms with E-state index in [1.165, 1.54) is 25.3 Å². The summed E-state index contributed by atoms with van der Waals surface area (Å²) >= 11 is 5.95. The standard InChI is InChI=1S/C15H19ClN2O4S2/c1-5-8-18(4)24(21,22)14-10-15(23(17,19)20)13(16)9-12(14)7-6-11(2)3/h5,7,9-10H,1,8H2,2-4H3,(H2,17,19,20). The van der Waals surface area contributed by atoms with E-state index in [9.17, 15) is 16.8 Å². The molecular weight excluding hydrogens is 372 g/mol. The Morgan fingerprint density at radius 1 is 1.29 bits per heavy atom. The minimum atomic E-state index is -4.18. The fourth-order valence-corrected chi connectivity index (χ4v) is 4.28. The third-order valence-electron chi connectivity index (χ3n) is 2.96. The predicted octanol–water partition coefficient (Wildman–Crippen LogP) is 2.37. The number of primary sulfonamides is 1. The molecule has 24 heavy (non-hydrogen) atoms. The number of hydrogen-bond donors (Lipinski definition) is 1. The largest absolute Gasteiger partial charge is 0.243 e. The molecule has 0 amide bonds. The first-order valence-electron chi connectivity index (χ1n) is 6.74. The van der Waals surface area contributed by atoms with Crippen molar-refractivity contribution in [1.82, 2.24) is 4.31 Å². The van der Waals surface area contributed by atoms with Crippen molar-refractivity contribution in [3.8, 4) is 0 Å². The molecule has 132 valence electrons. The molecule has 0 fully saturated rings. The first-order valence-corrected chi connectivity index (χ1v) is 10.1. The van der Waals surface area contributed by atoms with Crippen LogP contribution in [0.4, 0.5) is 0 Å². The van der Waals surface area contributed by atoms with Gasteiger partial charge in [0.15, 0.2) is 0 Å². The van der Waals surface area contributed by atoms with Crippen molar-refractivity contribution in [2.75, 3.05) is 13.6 Å². The monoisotopic (exact) mass is 390 g/mol. The molecular formula is C15H19ClN2O4S2. The third-order valence-corrected chi connectivity index (χ3v) is 6.22. The van der Waals surface area contributed by atoms with E-state index in [4.69, 9.17) is 16.7 Å². The van der Waals surface area contributed by atoms with E-state index >= 15 is 0 Å². The summed E-state index contributed by atoms with van der Waals surface area (Å²) in [6, 6.07) is 2.21. The molecule has 0 heterocycles. The summed E-state index contributed by atoms with van der Waals surface area (Å²) < 4.78 is 49.8. The van der Waals surface area contributed by atoms with E-state index in [-0.39, 0.29) is 22.0 Å². The fraction of sp³-hybridized carbons (Fsp3) is 0.267. The number of nitrogens with two attached hydrogens (primary N) is 1. The van der Waals surface area contributed by atoms with Crippen LogP contribution in [0.3, 0.4) is 0 Å². The van der Waals surface area contributed by atoms with Crippen LogP contribution in [0.25, 0.3) is 6.08 Å². The lowest BCUT2D eigenvalue weighted by atomic mass is 10.2. The van der Waals surface area contributed by atoms with Crippen molar-refractivity contribution in [3.63, 3.8) is 0 Å². The van der Waals surface area contributed by atoms with Crippen molar-refractivity contribution in [1.29, 1.82) is 0 Å². The molecule has 9 heteroatoms. The molecule has 0 radical (unpaired) electrons. The second kappa shape index (κ2) is 7.65. The zero-order valence-electron chi connectivity index (χ0n) is 13.6. The van der Waals surface area contributed by atoms with E-state index in [1.54, 1.807) is 13.8 Å². The first kappa shape index (κ1) is 20.6. The van der Waals surface area contributed by atoms with Gasteiger partial charge in [-0.1, -0.05) is 17.7 Å². The maximum absolute atomic E-state index is 12.7. The highest BCUT2D eigenvalue weighted by molar-refractivity contribution is 7.90. The van der Waals surface area contributed by atoms with Gasteiger partial charge in [0.1, 0.15) is 4.90 Å². The lowest BCUT2D eigenvalue weighted by Gasteiger charge is -2.18. The molecule has 2 N–H and O–H groups in total. The molecule has 0 aliphatic carbocycles. The molecule has 1 rings (SSSR count). The third kappa shape index (κ3) is 4.80. The number of rotatable bonds is 6. The van der Waals surface area contributed by atoms with Crippen LogP contribution in [0.1, 0.15) is 19.4 Å². The molecule has 0 aliphatic rings. The topological polar surface area (TPSA) is 97.5 Å². The van der Waals surface area contributed by atoms with Crippen molar-refractivity contribution < 1.29 is 16.8 Å². The zero-order chi connectivity index (χ0) is 18.7. The number of hydrogen-bond acceptors (Lipinski definition) is 4. The molecule has 0 aliphatic heterocycles. The van der Waals surface area contributed by atoms with Gasteiger partial charge in [-0.3, -0.25) is 0 Å². The molecule has 0 unspecified atom stereocenters. The van der Waals surface area contributed by atoms with Gasteiger partial charge in [-0.2, -0.15) is 4.31 Å². The van der Waals surface area contributed by atoms with Crippen LogP contribution in [0.15, 0.2) is 45.9 Å². The van der Waals surface area contributed by atoms with Crippen LogP contribution in [-0.4, -0.2) is 34.7 Å². The van der Waals surface area contributed by atoms with Gasteiger partial charge in [0.05, 0.1) is 9.92 Å². The average molecular weight is 391 g/mol. The number of benzene rings is 1. The number of halogens is 1. The van der Waals surface area contributed by atoms with Gasteiger partial charge < -0.3 is 0 Å². The average Bonchev–Trinajstić information content (AvgIpc) is 2.43. The molecule has 0 aromatic heterocycles. The SMILES string of the molecule is C=CCN(C)S(=O)(=O)c1cc(S(N)(=O)=O)c(Cl)cc1C=C=C(C)C. The van der Waals surface area contributed by atoms with Gasteiger partial charge >= 0.3 is 0 Å². The minimum absolute atomic E-state index is 0.0570. The van der Waals surface area contributed by atoms with Crippen LogP contribution in [-0.2, 0) is 20.0 Å². The highest BCUT2D eigenvalue weighted by Crippen LogP contribution is 2.30. The van der Waals surface area contributed by atoms with E-state index in [0.29, 0.717) is 0 Å². The Balaban J connectivity index is 3.84. The summed E-state index contributed by atoms with van der Waals surface area (Å²) in [6.07, 6.45) is 2.85. The Labute approximate surface area is 148 Å². The fourth-order valence-electron chi connectivity index (χ4n) is 1.77. The van der Waals surface area contributed by atoms with Gasteiger partial charge in [-0.05, 0) is 37.6 Å². The van der Waals surface area contributed by atoms with Crippen LogP contribution >= 0.6 is 11.6 Å². The predicted molar refractivity (Wildman–Crippen MR) is 95.7 cm³/mol. The Hall–Kier alpha value is -1.41. The molecule has 0 saturated carbocycles.